The summed E-state index contributed by atoms with van der Waals surface area (Å²) in [6, 6.07) is 4.64. The Hall–Kier alpha value is -1.71. The Morgan fingerprint density at radius 2 is 2.29 bits per heavy atom. The molecule has 1 aliphatic heterocycles. The minimum absolute atomic E-state index is 0.123. The van der Waals surface area contributed by atoms with Crippen molar-refractivity contribution in [1.29, 1.82) is 0 Å². The van der Waals surface area contributed by atoms with E-state index in [-0.39, 0.29) is 18.3 Å². The fourth-order valence-corrected chi connectivity index (χ4v) is 1.32. The molecule has 0 unspecified atom stereocenters. The van der Waals surface area contributed by atoms with Gasteiger partial charge in [0.25, 0.3) is 0 Å². The van der Waals surface area contributed by atoms with Crippen molar-refractivity contribution < 1.29 is 9.18 Å². The van der Waals surface area contributed by atoms with E-state index in [2.05, 4.69) is 10.3 Å². The van der Waals surface area contributed by atoms with Gasteiger partial charge in [0.05, 0.1) is 0 Å². The molecule has 0 atom stereocenters. The van der Waals surface area contributed by atoms with Crippen LogP contribution >= 0.6 is 0 Å². The highest BCUT2D eigenvalue weighted by Crippen LogP contribution is 2.10. The molecule has 1 heterocycles. The molecule has 1 N–H and O–H groups in total. The summed E-state index contributed by atoms with van der Waals surface area (Å²) in [7, 11) is 0. The Morgan fingerprint density at radius 3 is 2.86 bits per heavy atom. The molecule has 1 aromatic carbocycles. The highest BCUT2D eigenvalue weighted by molar-refractivity contribution is 6.12. The predicted octanol–water partition coefficient (Wildman–Crippen LogP) is 1.01. The minimum atomic E-state index is -0.251. The van der Waals surface area contributed by atoms with Crippen molar-refractivity contribution in [3.05, 3.63) is 35.1 Å². The van der Waals surface area contributed by atoms with E-state index in [0.717, 1.165) is 5.56 Å². The summed E-state index contributed by atoms with van der Waals surface area (Å²) in [4.78, 5) is 14.9. The lowest BCUT2D eigenvalue weighted by Crippen LogP contribution is -2.25. The maximum Gasteiger partial charge on any atom is 0.247 e. The van der Waals surface area contributed by atoms with Gasteiger partial charge in [-0.25, -0.2) is 4.39 Å². The minimum Gasteiger partial charge on any atom is -0.309 e. The average molecular weight is 192 g/mol. The van der Waals surface area contributed by atoms with Crippen LogP contribution in [-0.4, -0.2) is 18.3 Å². The van der Waals surface area contributed by atoms with Crippen molar-refractivity contribution in [3.63, 3.8) is 0 Å². The zero-order chi connectivity index (χ0) is 10.1. The van der Waals surface area contributed by atoms with Crippen LogP contribution in [0.2, 0.25) is 0 Å². The van der Waals surface area contributed by atoms with Gasteiger partial charge in [-0.3, -0.25) is 9.79 Å². The van der Waals surface area contributed by atoms with E-state index in [1.807, 2.05) is 0 Å². The third-order valence-corrected chi connectivity index (χ3v) is 2.07. The molecule has 0 saturated heterocycles. The first kappa shape index (κ1) is 8.87. The van der Waals surface area contributed by atoms with Crippen molar-refractivity contribution in [2.24, 2.45) is 4.99 Å². The molecular formula is C10H9FN2O. The molecule has 0 saturated carbocycles. The molecule has 1 amide bonds. The molecule has 3 nitrogen and oxygen atoms in total. The SMILES string of the molecule is Cc1cc(C2=NCC(=O)N2)ccc1F. The highest BCUT2D eigenvalue weighted by Gasteiger charge is 2.15. The van der Waals surface area contributed by atoms with Gasteiger partial charge in [0.1, 0.15) is 18.2 Å². The predicted molar refractivity (Wildman–Crippen MR) is 50.7 cm³/mol. The molecular weight excluding hydrogens is 183 g/mol. The first-order valence-corrected chi connectivity index (χ1v) is 4.27. The number of amidine groups is 1. The van der Waals surface area contributed by atoms with Crippen molar-refractivity contribution in [3.8, 4) is 0 Å². The molecule has 0 fully saturated rings. The molecule has 2 rings (SSSR count). The van der Waals surface area contributed by atoms with Crippen LogP contribution in [0.5, 0.6) is 0 Å². The van der Waals surface area contributed by atoms with Gasteiger partial charge in [-0.2, -0.15) is 0 Å². The summed E-state index contributed by atoms with van der Waals surface area (Å²) in [5.74, 6) is 0.152. The van der Waals surface area contributed by atoms with E-state index in [9.17, 15) is 9.18 Å². The Balaban J connectivity index is 2.34. The first-order chi connectivity index (χ1) is 6.66. The lowest BCUT2D eigenvalue weighted by Gasteiger charge is -2.02. The number of halogens is 1. The quantitative estimate of drug-likeness (QED) is 0.708. The number of hydrogen-bond donors (Lipinski definition) is 1. The maximum atomic E-state index is 12.9. The molecule has 0 aliphatic carbocycles. The number of carbonyl (C=O) groups is 1. The average Bonchev–Trinajstić information content (AvgIpc) is 2.57. The number of rotatable bonds is 1. The molecule has 0 bridgehead atoms. The van der Waals surface area contributed by atoms with Crippen molar-refractivity contribution in [2.75, 3.05) is 6.54 Å². The van der Waals surface area contributed by atoms with Gasteiger partial charge < -0.3 is 5.32 Å². The Labute approximate surface area is 80.7 Å². The molecule has 14 heavy (non-hydrogen) atoms. The second-order valence-corrected chi connectivity index (χ2v) is 3.18. The lowest BCUT2D eigenvalue weighted by atomic mass is 10.1. The van der Waals surface area contributed by atoms with Gasteiger partial charge in [0.2, 0.25) is 5.91 Å². The van der Waals surface area contributed by atoms with Gasteiger partial charge in [-0.05, 0) is 30.7 Å². The van der Waals surface area contributed by atoms with Gasteiger partial charge in [-0.15, -0.1) is 0 Å². The molecule has 1 aliphatic rings. The van der Waals surface area contributed by atoms with Crippen molar-refractivity contribution in [1.82, 2.24) is 5.32 Å². The van der Waals surface area contributed by atoms with Crippen LogP contribution < -0.4 is 5.32 Å². The van der Waals surface area contributed by atoms with Crippen LogP contribution in [0.15, 0.2) is 23.2 Å². The summed E-state index contributed by atoms with van der Waals surface area (Å²) in [6.07, 6.45) is 0. The van der Waals surface area contributed by atoms with Gasteiger partial charge in [-0.1, -0.05) is 0 Å². The van der Waals surface area contributed by atoms with Crippen LogP contribution in [0.25, 0.3) is 0 Å². The normalized spacial score (nSPS) is 15.3. The van der Waals surface area contributed by atoms with E-state index in [1.54, 1.807) is 19.1 Å². The fraction of sp³-hybridized carbons (Fsp3) is 0.200. The Morgan fingerprint density at radius 1 is 1.50 bits per heavy atom. The highest BCUT2D eigenvalue weighted by atomic mass is 19.1. The van der Waals surface area contributed by atoms with Crippen molar-refractivity contribution >= 4 is 11.7 Å². The fourth-order valence-electron chi connectivity index (χ4n) is 1.32. The monoisotopic (exact) mass is 192 g/mol. The van der Waals surface area contributed by atoms with E-state index >= 15 is 0 Å². The standard InChI is InChI=1S/C10H9FN2O/c1-6-4-7(2-3-8(6)11)10-12-5-9(14)13-10/h2-4H,5H2,1H3,(H,12,13,14). The number of benzene rings is 1. The lowest BCUT2D eigenvalue weighted by molar-refractivity contribution is -0.117. The van der Waals surface area contributed by atoms with Crippen molar-refractivity contribution in [2.45, 2.75) is 6.92 Å². The number of amides is 1. The number of aliphatic imine (C=N–C) groups is 1. The number of aryl methyl sites for hydroxylation is 1. The Kier molecular flexibility index (Phi) is 2.04. The summed E-state index contributed by atoms with van der Waals surface area (Å²) in [5.41, 5.74) is 1.29. The van der Waals surface area contributed by atoms with E-state index in [1.165, 1.54) is 6.07 Å². The Bertz CT molecular complexity index is 426. The van der Waals surface area contributed by atoms with Crippen LogP contribution in [0.3, 0.4) is 0 Å². The number of nitrogens with one attached hydrogen (secondary N) is 1. The third-order valence-electron chi connectivity index (χ3n) is 2.07. The van der Waals surface area contributed by atoms with E-state index in [0.29, 0.717) is 11.4 Å². The molecule has 0 aromatic heterocycles. The number of carbonyl (C=O) groups excluding carboxylic acids is 1. The van der Waals surface area contributed by atoms with Gasteiger partial charge in [0.15, 0.2) is 0 Å². The summed E-state index contributed by atoms with van der Waals surface area (Å²) in [5, 5.41) is 2.61. The second-order valence-electron chi connectivity index (χ2n) is 3.18. The number of nitrogens with zero attached hydrogens (tertiary/aromatic N) is 1. The summed E-state index contributed by atoms with van der Waals surface area (Å²) < 4.78 is 12.9. The first-order valence-electron chi connectivity index (χ1n) is 4.27. The third kappa shape index (κ3) is 1.51. The largest absolute Gasteiger partial charge is 0.309 e. The van der Waals surface area contributed by atoms with E-state index in [4.69, 9.17) is 0 Å². The zero-order valence-corrected chi connectivity index (χ0v) is 7.67. The van der Waals surface area contributed by atoms with Crippen LogP contribution in [0.4, 0.5) is 4.39 Å². The second kappa shape index (κ2) is 3.21. The van der Waals surface area contributed by atoms with Gasteiger partial charge in [0, 0.05) is 5.56 Å². The van der Waals surface area contributed by atoms with Crippen LogP contribution in [-0.2, 0) is 4.79 Å². The molecule has 0 radical (unpaired) electrons. The summed E-state index contributed by atoms with van der Waals surface area (Å²) in [6.45, 7) is 1.84. The molecule has 4 heteroatoms. The zero-order valence-electron chi connectivity index (χ0n) is 7.67. The van der Waals surface area contributed by atoms with Crippen LogP contribution in [0.1, 0.15) is 11.1 Å². The number of hydrogen-bond acceptors (Lipinski definition) is 2. The van der Waals surface area contributed by atoms with E-state index < -0.39 is 0 Å². The molecule has 1 aromatic rings. The molecule has 0 spiro atoms. The maximum absolute atomic E-state index is 12.9. The summed E-state index contributed by atoms with van der Waals surface area (Å²) >= 11 is 0. The topological polar surface area (TPSA) is 41.5 Å². The van der Waals surface area contributed by atoms with Gasteiger partial charge >= 0.3 is 0 Å². The van der Waals surface area contributed by atoms with Crippen LogP contribution in [0, 0.1) is 12.7 Å². The smallest absolute Gasteiger partial charge is 0.247 e. The molecule has 72 valence electrons.